The van der Waals surface area contributed by atoms with E-state index in [0.717, 1.165) is 0 Å². The van der Waals surface area contributed by atoms with Gasteiger partial charge in [-0.15, -0.1) is 0 Å². The Labute approximate surface area is 135 Å². The number of unbranched alkanes of at least 4 members (excludes halogenated alkanes) is 1. The third-order valence-corrected chi connectivity index (χ3v) is 3.44. The van der Waals surface area contributed by atoms with E-state index in [9.17, 15) is 18.4 Å². The first-order valence-electron chi connectivity index (χ1n) is 5.62. The van der Waals surface area contributed by atoms with E-state index in [-0.39, 0.29) is 53.7 Å². The van der Waals surface area contributed by atoms with Crippen LogP contribution < -0.4 is 29.6 Å². The summed E-state index contributed by atoms with van der Waals surface area (Å²) in [6, 6.07) is 6.69. The van der Waals surface area contributed by atoms with E-state index in [1.165, 1.54) is 4.90 Å². The maximum Gasteiger partial charge on any atom is 1.00 e. The van der Waals surface area contributed by atoms with Crippen molar-refractivity contribution >= 4 is 22.9 Å². The number of amides is 2. The number of nitrogens with zero attached hydrogens (tertiary/aromatic N) is 1. The molecule has 2 amide bonds. The van der Waals surface area contributed by atoms with Gasteiger partial charge in [0, 0.05) is 12.3 Å². The second-order valence-electron chi connectivity index (χ2n) is 4.02. The summed E-state index contributed by atoms with van der Waals surface area (Å²) in [5, 5.41) is 0. The molecule has 7 heteroatoms. The zero-order valence-corrected chi connectivity index (χ0v) is 13.4. The molecular weight excluding hydrogens is 277 g/mol. The van der Waals surface area contributed by atoms with E-state index in [2.05, 4.69) is 0 Å². The van der Waals surface area contributed by atoms with Crippen LogP contribution in [-0.4, -0.2) is 37.8 Å². The largest absolute Gasteiger partial charge is 1.00 e. The molecule has 0 fully saturated rings. The van der Waals surface area contributed by atoms with Gasteiger partial charge < -0.3 is 4.55 Å². The molecule has 1 atom stereocenters. The number of carbonyl (C=O) groups excluding carboxylic acids is 2. The van der Waals surface area contributed by atoms with Gasteiger partial charge in [-0.25, -0.2) is 0 Å². The maximum atomic E-state index is 11.9. The Morgan fingerprint density at radius 2 is 1.58 bits per heavy atom. The molecule has 19 heavy (non-hydrogen) atoms. The van der Waals surface area contributed by atoms with Crippen LogP contribution in [0.2, 0.25) is 0 Å². The van der Waals surface area contributed by atoms with Crippen LogP contribution in [0.15, 0.2) is 24.3 Å². The topological polar surface area (TPSA) is 77.5 Å². The molecule has 0 saturated carbocycles. The van der Waals surface area contributed by atoms with Crippen LogP contribution in [0.25, 0.3) is 0 Å². The Kier molecular flexibility index (Phi) is 6.35. The standard InChI is InChI=1S/C12H13NO4S.Na/c14-11-9-5-1-2-6-10(9)12(15)13(11)7-3-4-8-18(16)17;/h1-2,5-6H,3-4,7-8H2,(H,16,17);/q;+1/p-1. The van der Waals surface area contributed by atoms with Gasteiger partial charge in [0.1, 0.15) is 0 Å². The van der Waals surface area contributed by atoms with Gasteiger partial charge in [-0.3, -0.25) is 18.7 Å². The first kappa shape index (κ1) is 16.5. The van der Waals surface area contributed by atoms with Gasteiger partial charge in [-0.05, 0) is 25.0 Å². The van der Waals surface area contributed by atoms with Crippen molar-refractivity contribution in [3.63, 3.8) is 0 Å². The Hall–Kier alpha value is -0.530. The first-order valence-corrected chi connectivity index (χ1v) is 6.87. The van der Waals surface area contributed by atoms with Crippen molar-refractivity contribution in [1.29, 1.82) is 0 Å². The summed E-state index contributed by atoms with van der Waals surface area (Å²) < 4.78 is 20.7. The summed E-state index contributed by atoms with van der Waals surface area (Å²) in [5.41, 5.74) is 0.852. The third-order valence-electron chi connectivity index (χ3n) is 2.82. The average molecular weight is 289 g/mol. The number of rotatable bonds is 5. The molecule has 1 aromatic carbocycles. The fourth-order valence-corrected chi connectivity index (χ4v) is 2.37. The van der Waals surface area contributed by atoms with Gasteiger partial charge in [-0.2, -0.15) is 0 Å². The molecule has 0 N–H and O–H groups in total. The molecule has 0 spiro atoms. The Morgan fingerprint density at radius 1 is 1.05 bits per heavy atom. The monoisotopic (exact) mass is 289 g/mol. The molecule has 0 aliphatic carbocycles. The smallest absolute Gasteiger partial charge is 0.772 e. The molecule has 0 aromatic heterocycles. The molecule has 5 nitrogen and oxygen atoms in total. The van der Waals surface area contributed by atoms with E-state index in [1.54, 1.807) is 24.3 Å². The minimum absolute atomic E-state index is 0. The Bertz CT molecular complexity index is 485. The first-order chi connectivity index (χ1) is 8.61. The number of carbonyl (C=O) groups is 2. The Balaban J connectivity index is 0.00000180. The molecule has 1 aromatic rings. The van der Waals surface area contributed by atoms with Crippen molar-refractivity contribution in [3.8, 4) is 0 Å². The van der Waals surface area contributed by atoms with Crippen LogP contribution in [0.3, 0.4) is 0 Å². The number of hydrogen-bond donors (Lipinski definition) is 0. The van der Waals surface area contributed by atoms with Crippen molar-refractivity contribution < 1.29 is 47.9 Å². The summed E-state index contributed by atoms with van der Waals surface area (Å²) in [7, 11) is 0. The normalized spacial score (nSPS) is 15.1. The van der Waals surface area contributed by atoms with Crippen molar-refractivity contribution in [2.45, 2.75) is 12.8 Å². The number of fused-ring (bicyclic) bond motifs is 1. The van der Waals surface area contributed by atoms with Crippen LogP contribution in [-0.2, 0) is 11.1 Å². The van der Waals surface area contributed by atoms with E-state index in [0.29, 0.717) is 24.0 Å². The second-order valence-corrected chi connectivity index (χ2v) is 5.04. The quantitative estimate of drug-likeness (QED) is 0.270. The van der Waals surface area contributed by atoms with Crippen molar-refractivity contribution in [3.05, 3.63) is 35.4 Å². The van der Waals surface area contributed by atoms with Crippen molar-refractivity contribution in [2.75, 3.05) is 12.3 Å². The Morgan fingerprint density at radius 3 is 2.05 bits per heavy atom. The molecule has 1 heterocycles. The van der Waals surface area contributed by atoms with Gasteiger partial charge in [0.2, 0.25) is 0 Å². The fraction of sp³-hybridized carbons (Fsp3) is 0.333. The number of benzene rings is 1. The van der Waals surface area contributed by atoms with Gasteiger partial charge in [0.05, 0.1) is 11.1 Å². The zero-order valence-electron chi connectivity index (χ0n) is 10.6. The van der Waals surface area contributed by atoms with Gasteiger partial charge >= 0.3 is 29.6 Å². The zero-order chi connectivity index (χ0) is 13.1. The molecule has 0 saturated heterocycles. The maximum absolute atomic E-state index is 11.9. The van der Waals surface area contributed by atoms with Crippen LogP contribution in [0, 0.1) is 0 Å². The fourth-order valence-electron chi connectivity index (χ4n) is 1.93. The van der Waals surface area contributed by atoms with E-state index in [1.807, 2.05) is 0 Å². The number of hydrogen-bond acceptors (Lipinski definition) is 4. The van der Waals surface area contributed by atoms with Crippen LogP contribution >= 0.6 is 0 Å². The molecule has 1 aliphatic rings. The van der Waals surface area contributed by atoms with E-state index < -0.39 is 11.1 Å². The predicted molar refractivity (Wildman–Crippen MR) is 64.8 cm³/mol. The number of imide groups is 1. The summed E-state index contributed by atoms with van der Waals surface area (Å²) in [6.45, 7) is 0.267. The minimum Gasteiger partial charge on any atom is -0.772 e. The van der Waals surface area contributed by atoms with E-state index >= 15 is 0 Å². The van der Waals surface area contributed by atoms with Gasteiger partial charge in [-0.1, -0.05) is 23.2 Å². The van der Waals surface area contributed by atoms with Crippen LogP contribution in [0.5, 0.6) is 0 Å². The van der Waals surface area contributed by atoms with Gasteiger partial charge in [0.15, 0.2) is 0 Å². The molecule has 0 bridgehead atoms. The molecule has 2 rings (SSSR count). The van der Waals surface area contributed by atoms with Crippen molar-refractivity contribution in [2.24, 2.45) is 0 Å². The van der Waals surface area contributed by atoms with Crippen LogP contribution in [0.1, 0.15) is 33.6 Å². The summed E-state index contributed by atoms with van der Waals surface area (Å²) in [5.74, 6) is -0.527. The van der Waals surface area contributed by atoms with Crippen LogP contribution in [0.4, 0.5) is 0 Å². The average Bonchev–Trinajstić information content (AvgIpc) is 2.59. The van der Waals surface area contributed by atoms with Crippen molar-refractivity contribution in [1.82, 2.24) is 4.90 Å². The summed E-state index contributed by atoms with van der Waals surface area (Å²) in [6.07, 6.45) is 0.947. The molecule has 0 radical (unpaired) electrons. The van der Waals surface area contributed by atoms with Gasteiger partial charge in [0.25, 0.3) is 11.8 Å². The summed E-state index contributed by atoms with van der Waals surface area (Å²) >= 11 is -2.06. The molecular formula is C12H12NNaO4S. The van der Waals surface area contributed by atoms with E-state index in [4.69, 9.17) is 0 Å². The minimum atomic E-state index is -2.06. The predicted octanol–water partition coefficient (Wildman–Crippen LogP) is -2.05. The molecule has 96 valence electrons. The third kappa shape index (κ3) is 3.73. The molecule has 1 aliphatic heterocycles. The second kappa shape index (κ2) is 7.31. The molecule has 1 unspecified atom stereocenters. The summed E-state index contributed by atoms with van der Waals surface area (Å²) in [4.78, 5) is 25.0. The SMILES string of the molecule is O=C1c2ccccc2C(=O)N1CCCCS(=O)[O-].[Na+].